The molecule has 3 aromatic rings. The highest BCUT2D eigenvalue weighted by molar-refractivity contribution is 5.64. The van der Waals surface area contributed by atoms with Gasteiger partial charge in [0.2, 0.25) is 0 Å². The monoisotopic (exact) mass is 321 g/mol. The summed E-state index contributed by atoms with van der Waals surface area (Å²) in [6.07, 6.45) is 0. The number of aromatic nitrogens is 2. The van der Waals surface area contributed by atoms with Gasteiger partial charge in [0.25, 0.3) is 0 Å². The third-order valence-electron chi connectivity index (χ3n) is 4.17. The van der Waals surface area contributed by atoms with Crippen molar-refractivity contribution in [3.8, 4) is 22.8 Å². The zero-order chi connectivity index (χ0) is 16.4. The molecule has 1 atom stereocenters. The lowest BCUT2D eigenvalue weighted by molar-refractivity contribution is 0.209. The van der Waals surface area contributed by atoms with Crippen LogP contribution in [-0.4, -0.2) is 28.0 Å². The molecule has 1 unspecified atom stereocenters. The molecule has 1 aromatic heterocycles. The SMILES string of the molecule is OCC1CNc2cc(-c3ccc(Oc4ccccc4)cc3)nn2C1. The van der Waals surface area contributed by atoms with Crippen molar-refractivity contribution in [2.75, 3.05) is 18.5 Å². The number of ether oxygens (including phenoxy) is 1. The molecule has 1 aliphatic heterocycles. The number of fused-ring (bicyclic) bond motifs is 1. The molecule has 4 rings (SSSR count). The van der Waals surface area contributed by atoms with Crippen LogP contribution >= 0.6 is 0 Å². The lowest BCUT2D eigenvalue weighted by Crippen LogP contribution is -2.29. The van der Waals surface area contributed by atoms with Crippen molar-refractivity contribution in [1.29, 1.82) is 0 Å². The van der Waals surface area contributed by atoms with E-state index in [-0.39, 0.29) is 12.5 Å². The van der Waals surface area contributed by atoms with Crippen LogP contribution in [0, 0.1) is 5.92 Å². The van der Waals surface area contributed by atoms with Crippen molar-refractivity contribution in [3.05, 3.63) is 60.7 Å². The topological polar surface area (TPSA) is 59.3 Å². The molecule has 0 spiro atoms. The molecule has 1 aliphatic rings. The summed E-state index contributed by atoms with van der Waals surface area (Å²) in [6, 6.07) is 19.7. The molecule has 2 aromatic carbocycles. The van der Waals surface area contributed by atoms with Crippen LogP contribution in [0.25, 0.3) is 11.3 Å². The van der Waals surface area contributed by atoms with Gasteiger partial charge in [0, 0.05) is 37.2 Å². The van der Waals surface area contributed by atoms with Crippen LogP contribution < -0.4 is 10.1 Å². The first-order valence-corrected chi connectivity index (χ1v) is 8.08. The van der Waals surface area contributed by atoms with E-state index in [1.54, 1.807) is 0 Å². The van der Waals surface area contributed by atoms with Gasteiger partial charge in [0.05, 0.1) is 5.69 Å². The number of hydrogen-bond acceptors (Lipinski definition) is 4. The Hall–Kier alpha value is -2.79. The van der Waals surface area contributed by atoms with Crippen molar-refractivity contribution in [2.24, 2.45) is 5.92 Å². The van der Waals surface area contributed by atoms with Gasteiger partial charge in [-0.25, -0.2) is 4.68 Å². The lowest BCUT2D eigenvalue weighted by Gasteiger charge is -2.22. The molecule has 5 heteroatoms. The number of rotatable bonds is 4. The number of anilines is 1. The third kappa shape index (κ3) is 2.98. The number of para-hydroxylation sites is 1. The number of hydrogen-bond donors (Lipinski definition) is 2. The summed E-state index contributed by atoms with van der Waals surface area (Å²) in [5.74, 6) is 2.83. The zero-order valence-corrected chi connectivity index (χ0v) is 13.2. The molecule has 2 heterocycles. The van der Waals surface area contributed by atoms with Gasteiger partial charge in [-0.15, -0.1) is 0 Å². The maximum absolute atomic E-state index is 9.30. The highest BCUT2D eigenvalue weighted by Gasteiger charge is 2.19. The van der Waals surface area contributed by atoms with E-state index in [1.807, 2.05) is 65.3 Å². The summed E-state index contributed by atoms with van der Waals surface area (Å²) in [4.78, 5) is 0. The van der Waals surface area contributed by atoms with Crippen LogP contribution in [0.3, 0.4) is 0 Å². The van der Waals surface area contributed by atoms with E-state index in [0.717, 1.165) is 41.7 Å². The smallest absolute Gasteiger partial charge is 0.127 e. The van der Waals surface area contributed by atoms with Gasteiger partial charge in [-0.05, 0) is 36.4 Å². The Morgan fingerprint density at radius 3 is 2.58 bits per heavy atom. The van der Waals surface area contributed by atoms with E-state index in [4.69, 9.17) is 4.74 Å². The predicted octanol–water partition coefficient (Wildman–Crippen LogP) is 3.38. The van der Waals surface area contributed by atoms with Crippen LogP contribution in [0.1, 0.15) is 0 Å². The number of nitrogens with zero attached hydrogens (tertiary/aromatic N) is 2. The van der Waals surface area contributed by atoms with E-state index >= 15 is 0 Å². The van der Waals surface area contributed by atoms with Gasteiger partial charge in [-0.1, -0.05) is 18.2 Å². The zero-order valence-electron chi connectivity index (χ0n) is 13.2. The second-order valence-electron chi connectivity index (χ2n) is 5.97. The molecule has 0 saturated carbocycles. The van der Waals surface area contributed by atoms with E-state index in [2.05, 4.69) is 10.4 Å². The molecule has 0 saturated heterocycles. The summed E-state index contributed by atoms with van der Waals surface area (Å²) in [7, 11) is 0. The van der Waals surface area contributed by atoms with Crippen molar-refractivity contribution >= 4 is 5.82 Å². The predicted molar refractivity (Wildman–Crippen MR) is 93.2 cm³/mol. The standard InChI is InChI=1S/C19H19N3O2/c23-13-14-11-20-19-10-18(21-22(19)12-14)15-6-8-17(9-7-15)24-16-4-2-1-3-5-16/h1-10,14,20,23H,11-13H2. The third-order valence-corrected chi connectivity index (χ3v) is 4.17. The lowest BCUT2D eigenvalue weighted by atomic mass is 10.1. The first-order valence-electron chi connectivity index (χ1n) is 8.08. The van der Waals surface area contributed by atoms with Crippen LogP contribution in [0.5, 0.6) is 11.5 Å². The minimum atomic E-state index is 0.174. The van der Waals surface area contributed by atoms with Gasteiger partial charge in [0.1, 0.15) is 17.3 Å². The van der Waals surface area contributed by atoms with Crippen molar-refractivity contribution < 1.29 is 9.84 Å². The Morgan fingerprint density at radius 1 is 1.08 bits per heavy atom. The second kappa shape index (κ2) is 6.37. The number of aliphatic hydroxyl groups is 1. The normalized spacial score (nSPS) is 16.3. The van der Waals surface area contributed by atoms with E-state index in [0.29, 0.717) is 0 Å². The maximum Gasteiger partial charge on any atom is 0.127 e. The molecular formula is C19H19N3O2. The largest absolute Gasteiger partial charge is 0.457 e. The quantitative estimate of drug-likeness (QED) is 0.773. The number of benzene rings is 2. The molecule has 122 valence electrons. The number of aliphatic hydroxyl groups excluding tert-OH is 1. The van der Waals surface area contributed by atoms with Crippen molar-refractivity contribution in [2.45, 2.75) is 6.54 Å². The number of nitrogens with one attached hydrogen (secondary N) is 1. The average molecular weight is 321 g/mol. The Kier molecular flexibility index (Phi) is 3.92. The van der Waals surface area contributed by atoms with Gasteiger partial charge in [-0.3, -0.25) is 0 Å². The Bertz CT molecular complexity index is 812. The van der Waals surface area contributed by atoms with Crippen LogP contribution in [-0.2, 0) is 6.54 Å². The second-order valence-corrected chi connectivity index (χ2v) is 5.97. The molecule has 0 radical (unpaired) electrons. The van der Waals surface area contributed by atoms with Gasteiger partial charge < -0.3 is 15.2 Å². The first-order chi connectivity index (χ1) is 11.8. The molecule has 0 fully saturated rings. The molecule has 0 bridgehead atoms. The van der Waals surface area contributed by atoms with E-state index in [9.17, 15) is 5.11 Å². The first kappa shape index (κ1) is 14.8. The van der Waals surface area contributed by atoms with E-state index in [1.165, 1.54) is 0 Å². The Labute approximate surface area is 140 Å². The average Bonchev–Trinajstić information content (AvgIpc) is 3.06. The summed E-state index contributed by atoms with van der Waals surface area (Å²) in [5, 5.41) is 17.2. The van der Waals surface area contributed by atoms with Crippen LogP contribution in [0.15, 0.2) is 60.7 Å². The highest BCUT2D eigenvalue weighted by Crippen LogP contribution is 2.28. The van der Waals surface area contributed by atoms with Crippen LogP contribution in [0.4, 0.5) is 5.82 Å². The minimum Gasteiger partial charge on any atom is -0.457 e. The van der Waals surface area contributed by atoms with Crippen molar-refractivity contribution in [1.82, 2.24) is 9.78 Å². The summed E-state index contributed by atoms with van der Waals surface area (Å²) < 4.78 is 7.74. The van der Waals surface area contributed by atoms with Gasteiger partial charge in [-0.2, -0.15) is 5.10 Å². The fourth-order valence-corrected chi connectivity index (χ4v) is 2.84. The molecule has 0 aliphatic carbocycles. The molecule has 5 nitrogen and oxygen atoms in total. The molecule has 0 amide bonds. The molecular weight excluding hydrogens is 302 g/mol. The fourth-order valence-electron chi connectivity index (χ4n) is 2.84. The summed E-state index contributed by atoms with van der Waals surface area (Å²) >= 11 is 0. The molecule has 2 N–H and O–H groups in total. The fraction of sp³-hybridized carbons (Fsp3) is 0.211. The van der Waals surface area contributed by atoms with Crippen molar-refractivity contribution in [3.63, 3.8) is 0 Å². The molecule has 24 heavy (non-hydrogen) atoms. The van der Waals surface area contributed by atoms with Gasteiger partial charge >= 0.3 is 0 Å². The minimum absolute atomic E-state index is 0.174. The highest BCUT2D eigenvalue weighted by atomic mass is 16.5. The van der Waals surface area contributed by atoms with Gasteiger partial charge in [0.15, 0.2) is 0 Å². The van der Waals surface area contributed by atoms with Crippen LogP contribution in [0.2, 0.25) is 0 Å². The summed E-state index contributed by atoms with van der Waals surface area (Å²) in [6.45, 7) is 1.70. The Balaban J connectivity index is 1.52. The summed E-state index contributed by atoms with van der Waals surface area (Å²) in [5.41, 5.74) is 1.96. The van der Waals surface area contributed by atoms with E-state index < -0.39 is 0 Å². The maximum atomic E-state index is 9.30. The Morgan fingerprint density at radius 2 is 1.83 bits per heavy atom.